The van der Waals surface area contributed by atoms with Crippen molar-refractivity contribution in [3.8, 4) is 5.75 Å². The molecule has 2 aromatic carbocycles. The molecule has 0 aliphatic rings. The van der Waals surface area contributed by atoms with E-state index in [1.807, 2.05) is 31.2 Å². The molecule has 0 spiro atoms. The number of ether oxygens (including phenoxy) is 1. The smallest absolute Gasteiger partial charge is 0.316 e. The van der Waals surface area contributed by atoms with Gasteiger partial charge in [0.15, 0.2) is 0 Å². The molecule has 0 aliphatic heterocycles. The van der Waals surface area contributed by atoms with Crippen LogP contribution in [0.2, 0.25) is 5.02 Å². The second-order valence-corrected chi connectivity index (χ2v) is 7.07. The fraction of sp³-hybridized carbons (Fsp3) is 0.143. The third-order valence-corrected chi connectivity index (χ3v) is 4.86. The van der Waals surface area contributed by atoms with Crippen LogP contribution in [-0.2, 0) is 6.54 Å². The number of aromatic amines is 1. The summed E-state index contributed by atoms with van der Waals surface area (Å²) >= 11 is 5.91. The summed E-state index contributed by atoms with van der Waals surface area (Å²) in [5.74, 6) is -0.0408. The van der Waals surface area contributed by atoms with Crippen molar-refractivity contribution < 1.29 is 9.13 Å². The number of anilines is 2. The third-order valence-electron chi connectivity index (χ3n) is 4.57. The predicted molar refractivity (Wildman–Crippen MR) is 112 cm³/mol. The van der Waals surface area contributed by atoms with Gasteiger partial charge >= 0.3 is 5.56 Å². The van der Waals surface area contributed by atoms with Gasteiger partial charge in [0.2, 0.25) is 11.7 Å². The lowest BCUT2D eigenvalue weighted by molar-refractivity contribution is 0.402. The molecule has 6 nitrogen and oxygen atoms in total. The Labute approximate surface area is 170 Å². The Bertz CT molecular complexity index is 1270. The quantitative estimate of drug-likeness (QED) is 0.501. The maximum absolute atomic E-state index is 13.5. The number of nitrogens with one attached hydrogen (secondary N) is 2. The minimum Gasteiger partial charge on any atom is -0.490 e. The lowest BCUT2D eigenvalue weighted by Crippen LogP contribution is -2.18. The summed E-state index contributed by atoms with van der Waals surface area (Å²) < 4.78 is 20.4. The molecule has 0 saturated heterocycles. The Balaban J connectivity index is 1.78. The van der Waals surface area contributed by atoms with E-state index < -0.39 is 11.4 Å². The van der Waals surface area contributed by atoms with Gasteiger partial charge in [0.25, 0.3) is 0 Å². The summed E-state index contributed by atoms with van der Waals surface area (Å²) in [7, 11) is 1.41. The second kappa shape index (κ2) is 7.60. The van der Waals surface area contributed by atoms with Gasteiger partial charge in [-0.05, 0) is 42.8 Å². The molecule has 8 heteroatoms. The summed E-state index contributed by atoms with van der Waals surface area (Å²) in [6.07, 6.45) is 1.57. The molecule has 2 heterocycles. The zero-order chi connectivity index (χ0) is 20.5. The van der Waals surface area contributed by atoms with E-state index in [-0.39, 0.29) is 10.8 Å². The molecule has 0 unspecified atom stereocenters. The standard InChI is InChI=1S/C21H18ClFN4O2/c1-12-8-14-17(24-12)4-3-5-18(14)25-21-26-20(28)19(29-2)11-27(21)10-13-6-7-16(23)15(22)9-13/h3-9,11,24H,10H2,1-2H3,(H,25,26,28). The van der Waals surface area contributed by atoms with E-state index in [0.29, 0.717) is 12.5 Å². The molecule has 0 amide bonds. The second-order valence-electron chi connectivity index (χ2n) is 6.66. The number of aromatic nitrogens is 3. The molecule has 0 atom stereocenters. The van der Waals surface area contributed by atoms with Crippen LogP contribution >= 0.6 is 11.6 Å². The lowest BCUT2D eigenvalue weighted by atomic mass is 10.2. The van der Waals surface area contributed by atoms with Gasteiger partial charge in [0, 0.05) is 16.6 Å². The predicted octanol–water partition coefficient (Wildman–Crippen LogP) is 4.63. The lowest BCUT2D eigenvalue weighted by Gasteiger charge is -2.16. The van der Waals surface area contributed by atoms with Crippen LogP contribution in [0.5, 0.6) is 5.75 Å². The first kappa shape index (κ1) is 19.0. The maximum atomic E-state index is 13.5. The Hall–Kier alpha value is -3.32. The number of halogens is 2. The number of hydrogen-bond acceptors (Lipinski definition) is 4. The number of hydrogen-bond donors (Lipinski definition) is 2. The molecule has 2 N–H and O–H groups in total. The SMILES string of the molecule is COc1cn(Cc2ccc(F)c(Cl)c2)c(Nc2cccc3[nH]c(C)cc23)nc1=O. The molecular formula is C21H18ClFN4O2. The average molecular weight is 413 g/mol. The van der Waals surface area contributed by atoms with Gasteiger partial charge in [-0.15, -0.1) is 0 Å². The van der Waals surface area contributed by atoms with Crippen molar-refractivity contribution in [1.82, 2.24) is 14.5 Å². The first-order chi connectivity index (χ1) is 13.9. The van der Waals surface area contributed by atoms with Gasteiger partial charge in [-0.25, -0.2) is 4.39 Å². The van der Waals surface area contributed by atoms with E-state index in [4.69, 9.17) is 16.3 Å². The van der Waals surface area contributed by atoms with Gasteiger partial charge < -0.3 is 19.6 Å². The molecular weight excluding hydrogens is 395 g/mol. The van der Waals surface area contributed by atoms with E-state index >= 15 is 0 Å². The van der Waals surface area contributed by atoms with Crippen molar-refractivity contribution in [2.45, 2.75) is 13.5 Å². The van der Waals surface area contributed by atoms with Gasteiger partial charge in [-0.2, -0.15) is 4.98 Å². The molecule has 4 rings (SSSR count). The van der Waals surface area contributed by atoms with Crippen LogP contribution in [0.1, 0.15) is 11.3 Å². The Morgan fingerprint density at radius 3 is 2.86 bits per heavy atom. The number of benzene rings is 2. The van der Waals surface area contributed by atoms with Crippen LogP contribution in [-0.4, -0.2) is 21.6 Å². The third kappa shape index (κ3) is 3.82. The largest absolute Gasteiger partial charge is 0.490 e. The first-order valence-electron chi connectivity index (χ1n) is 8.89. The molecule has 0 bridgehead atoms. The Morgan fingerprint density at radius 1 is 1.28 bits per heavy atom. The van der Waals surface area contributed by atoms with Crippen molar-refractivity contribution >= 4 is 34.1 Å². The van der Waals surface area contributed by atoms with Crippen molar-refractivity contribution in [1.29, 1.82) is 0 Å². The molecule has 4 aromatic rings. The van der Waals surface area contributed by atoms with Crippen molar-refractivity contribution in [3.05, 3.63) is 81.1 Å². The number of nitrogens with zero attached hydrogens (tertiary/aromatic N) is 2. The highest BCUT2D eigenvalue weighted by Crippen LogP contribution is 2.27. The number of fused-ring (bicyclic) bond motifs is 1. The molecule has 0 fully saturated rings. The fourth-order valence-corrected chi connectivity index (χ4v) is 3.40. The van der Waals surface area contributed by atoms with Crippen LogP contribution < -0.4 is 15.6 Å². The van der Waals surface area contributed by atoms with Gasteiger partial charge in [0.05, 0.1) is 30.6 Å². The Kier molecular flexibility index (Phi) is 4.98. The van der Waals surface area contributed by atoms with E-state index in [1.165, 1.54) is 13.2 Å². The van der Waals surface area contributed by atoms with E-state index in [9.17, 15) is 9.18 Å². The molecule has 0 saturated carbocycles. The summed E-state index contributed by atoms with van der Waals surface area (Å²) in [4.78, 5) is 19.7. The summed E-state index contributed by atoms with van der Waals surface area (Å²) in [6, 6.07) is 12.3. The highest BCUT2D eigenvalue weighted by Gasteiger charge is 2.13. The monoisotopic (exact) mass is 412 g/mol. The zero-order valence-electron chi connectivity index (χ0n) is 15.8. The van der Waals surface area contributed by atoms with Crippen LogP contribution in [0.3, 0.4) is 0 Å². The van der Waals surface area contributed by atoms with E-state index in [1.54, 1.807) is 22.9 Å². The molecule has 0 aliphatic carbocycles. The topological polar surface area (TPSA) is 71.9 Å². The number of rotatable bonds is 5. The number of methoxy groups -OCH3 is 1. The minimum absolute atomic E-state index is 0.0329. The molecule has 29 heavy (non-hydrogen) atoms. The normalized spacial score (nSPS) is 11.0. The molecule has 2 aromatic heterocycles. The van der Waals surface area contributed by atoms with E-state index in [2.05, 4.69) is 15.3 Å². The van der Waals surface area contributed by atoms with Gasteiger partial charge in [-0.3, -0.25) is 4.79 Å². The average Bonchev–Trinajstić information content (AvgIpc) is 3.08. The first-order valence-corrected chi connectivity index (χ1v) is 9.27. The highest BCUT2D eigenvalue weighted by molar-refractivity contribution is 6.30. The van der Waals surface area contributed by atoms with Crippen LogP contribution in [0.25, 0.3) is 10.9 Å². The number of H-pyrrole nitrogens is 1. The zero-order valence-corrected chi connectivity index (χ0v) is 16.5. The Morgan fingerprint density at radius 2 is 2.10 bits per heavy atom. The van der Waals surface area contributed by atoms with Gasteiger partial charge in [-0.1, -0.05) is 23.7 Å². The summed E-state index contributed by atoms with van der Waals surface area (Å²) in [5, 5.41) is 4.25. The van der Waals surface area contributed by atoms with Crippen LogP contribution in [0.4, 0.5) is 16.0 Å². The van der Waals surface area contributed by atoms with Crippen molar-refractivity contribution in [2.24, 2.45) is 0 Å². The van der Waals surface area contributed by atoms with Crippen molar-refractivity contribution in [3.63, 3.8) is 0 Å². The minimum atomic E-state index is -0.487. The maximum Gasteiger partial charge on any atom is 0.316 e. The van der Waals surface area contributed by atoms with E-state index in [0.717, 1.165) is 27.8 Å². The summed E-state index contributed by atoms with van der Waals surface area (Å²) in [5.41, 5.74) is 3.06. The number of aryl methyl sites for hydroxylation is 1. The fourth-order valence-electron chi connectivity index (χ4n) is 3.19. The molecule has 0 radical (unpaired) electrons. The molecule has 148 valence electrons. The van der Waals surface area contributed by atoms with Gasteiger partial charge in [0.1, 0.15) is 5.82 Å². The van der Waals surface area contributed by atoms with Crippen molar-refractivity contribution in [2.75, 3.05) is 12.4 Å². The van der Waals surface area contributed by atoms with Crippen LogP contribution in [0.15, 0.2) is 53.5 Å². The summed E-state index contributed by atoms with van der Waals surface area (Å²) in [6.45, 7) is 2.29. The highest BCUT2D eigenvalue weighted by atomic mass is 35.5. The van der Waals surface area contributed by atoms with Crippen LogP contribution in [0, 0.1) is 12.7 Å².